The highest BCUT2D eigenvalue weighted by Gasteiger charge is 2.40. The Morgan fingerprint density at radius 1 is 1.00 bits per heavy atom. The van der Waals surface area contributed by atoms with E-state index in [1.807, 2.05) is 6.07 Å². The van der Waals surface area contributed by atoms with Gasteiger partial charge in [0, 0.05) is 16.1 Å². The molecular formula is C16H8ClNO2. The van der Waals surface area contributed by atoms with Crippen LogP contribution in [0.2, 0.25) is 5.02 Å². The summed E-state index contributed by atoms with van der Waals surface area (Å²) in [5.41, 5.74) is 1.61. The van der Waals surface area contributed by atoms with Crippen molar-refractivity contribution in [3.8, 4) is 6.07 Å². The molecule has 0 saturated heterocycles. The Labute approximate surface area is 120 Å². The average molecular weight is 282 g/mol. The number of hydrogen-bond donors (Lipinski definition) is 0. The van der Waals surface area contributed by atoms with E-state index in [9.17, 15) is 9.59 Å². The highest BCUT2D eigenvalue weighted by atomic mass is 35.5. The lowest BCUT2D eigenvalue weighted by atomic mass is 9.93. The molecular weight excluding hydrogens is 274 g/mol. The van der Waals surface area contributed by atoms with E-state index in [4.69, 9.17) is 16.9 Å². The van der Waals surface area contributed by atoms with Gasteiger partial charge in [0.15, 0.2) is 11.6 Å². The van der Waals surface area contributed by atoms with E-state index in [0.717, 1.165) is 0 Å². The summed E-state index contributed by atoms with van der Waals surface area (Å²) in [6.07, 6.45) is 0. The third kappa shape index (κ3) is 1.74. The summed E-state index contributed by atoms with van der Waals surface area (Å²) in [5, 5.41) is 9.26. The van der Waals surface area contributed by atoms with Crippen LogP contribution in [0.5, 0.6) is 0 Å². The van der Waals surface area contributed by atoms with Gasteiger partial charge in [0.2, 0.25) is 0 Å². The van der Waals surface area contributed by atoms with Crippen molar-refractivity contribution >= 4 is 23.2 Å². The third-order valence-electron chi connectivity index (χ3n) is 3.42. The molecule has 0 spiro atoms. The van der Waals surface area contributed by atoms with Gasteiger partial charge in [-0.05, 0) is 23.8 Å². The second-order valence-corrected chi connectivity index (χ2v) is 4.96. The number of rotatable bonds is 1. The van der Waals surface area contributed by atoms with Crippen LogP contribution in [0, 0.1) is 11.3 Å². The predicted octanol–water partition coefficient (Wildman–Crippen LogP) is 3.37. The van der Waals surface area contributed by atoms with Gasteiger partial charge in [0.25, 0.3) is 0 Å². The first kappa shape index (κ1) is 12.6. The molecule has 0 saturated carbocycles. The molecule has 3 rings (SSSR count). The highest BCUT2D eigenvalue weighted by Crippen LogP contribution is 2.37. The maximum Gasteiger partial charge on any atom is 0.178 e. The van der Waals surface area contributed by atoms with Crippen molar-refractivity contribution in [2.45, 2.75) is 5.92 Å². The van der Waals surface area contributed by atoms with Crippen LogP contribution in [0.15, 0.2) is 42.5 Å². The second kappa shape index (κ2) is 4.59. The lowest BCUT2D eigenvalue weighted by Crippen LogP contribution is -2.13. The topological polar surface area (TPSA) is 57.9 Å². The van der Waals surface area contributed by atoms with Gasteiger partial charge in [-0.3, -0.25) is 9.59 Å². The first-order valence-corrected chi connectivity index (χ1v) is 6.38. The van der Waals surface area contributed by atoms with Gasteiger partial charge >= 0.3 is 0 Å². The molecule has 2 aromatic rings. The van der Waals surface area contributed by atoms with Crippen molar-refractivity contribution in [1.29, 1.82) is 5.26 Å². The minimum Gasteiger partial charge on any atom is -0.293 e. The Balaban J connectivity index is 2.17. The largest absolute Gasteiger partial charge is 0.293 e. The third-order valence-corrected chi connectivity index (χ3v) is 3.76. The number of fused-ring (bicyclic) bond motifs is 1. The van der Waals surface area contributed by atoms with Gasteiger partial charge < -0.3 is 0 Å². The quantitative estimate of drug-likeness (QED) is 0.753. The van der Waals surface area contributed by atoms with Crippen molar-refractivity contribution in [2.75, 3.05) is 0 Å². The molecule has 0 unspecified atom stereocenters. The molecule has 0 N–H and O–H groups in total. The Hall–Kier alpha value is -2.44. The first-order chi connectivity index (χ1) is 9.63. The molecule has 0 atom stereocenters. The zero-order valence-electron chi connectivity index (χ0n) is 10.3. The summed E-state index contributed by atoms with van der Waals surface area (Å²) < 4.78 is 0. The first-order valence-electron chi connectivity index (χ1n) is 6.00. The number of carbonyl (C=O) groups excluding carboxylic acids is 2. The molecule has 0 aromatic heterocycles. The molecule has 4 heteroatoms. The molecule has 96 valence electrons. The summed E-state index contributed by atoms with van der Waals surface area (Å²) in [6, 6.07) is 13.3. The number of carbonyl (C=O) groups is 2. The molecule has 2 aromatic carbocycles. The summed E-state index contributed by atoms with van der Waals surface area (Å²) in [5.74, 6) is -1.46. The van der Waals surface area contributed by atoms with Crippen LogP contribution in [0.25, 0.3) is 0 Å². The Bertz CT molecular complexity index is 754. The standard InChI is InChI=1S/C16H8ClNO2/c17-13-6-5-9(8-18)7-12(13)14-15(19)10-3-1-2-4-11(10)16(14)20/h1-7,14H. The van der Waals surface area contributed by atoms with Crippen LogP contribution in [0.3, 0.4) is 0 Å². The minimum absolute atomic E-state index is 0.261. The van der Waals surface area contributed by atoms with Gasteiger partial charge in [0.05, 0.1) is 11.6 Å². The molecule has 20 heavy (non-hydrogen) atoms. The van der Waals surface area contributed by atoms with Gasteiger partial charge in [-0.2, -0.15) is 5.26 Å². The molecule has 0 fully saturated rings. The zero-order valence-corrected chi connectivity index (χ0v) is 11.0. The van der Waals surface area contributed by atoms with Gasteiger partial charge in [-0.15, -0.1) is 0 Å². The monoisotopic (exact) mass is 281 g/mol. The normalized spacial score (nSPS) is 14.2. The molecule has 1 aliphatic carbocycles. The van der Waals surface area contributed by atoms with Crippen LogP contribution < -0.4 is 0 Å². The molecule has 3 nitrogen and oxygen atoms in total. The van der Waals surface area contributed by atoms with Crippen molar-refractivity contribution in [3.63, 3.8) is 0 Å². The lowest BCUT2D eigenvalue weighted by Gasteiger charge is -2.09. The maximum atomic E-state index is 12.4. The number of halogens is 1. The van der Waals surface area contributed by atoms with Crippen LogP contribution >= 0.6 is 11.6 Å². The fraction of sp³-hybridized carbons (Fsp3) is 0.0625. The SMILES string of the molecule is N#Cc1ccc(Cl)c(C2C(=O)c3ccccc3C2=O)c1. The number of ketones is 2. The van der Waals surface area contributed by atoms with Gasteiger partial charge in [-0.1, -0.05) is 35.9 Å². The molecule has 0 bridgehead atoms. The number of Topliss-reactive ketones (excluding diaryl/α,β-unsaturated/α-hetero) is 2. The van der Waals surface area contributed by atoms with Crippen molar-refractivity contribution < 1.29 is 9.59 Å². The lowest BCUT2D eigenvalue weighted by molar-refractivity contribution is 0.0890. The number of hydrogen-bond acceptors (Lipinski definition) is 3. The van der Waals surface area contributed by atoms with Gasteiger partial charge in [0.1, 0.15) is 5.92 Å². The highest BCUT2D eigenvalue weighted by molar-refractivity contribution is 6.35. The Morgan fingerprint density at radius 2 is 1.60 bits per heavy atom. The molecule has 0 amide bonds. The van der Waals surface area contributed by atoms with Crippen LogP contribution in [-0.2, 0) is 0 Å². The van der Waals surface area contributed by atoms with Crippen molar-refractivity contribution in [2.24, 2.45) is 0 Å². The van der Waals surface area contributed by atoms with Crippen LogP contribution in [0.1, 0.15) is 37.8 Å². The summed E-state index contributed by atoms with van der Waals surface area (Å²) in [7, 11) is 0. The minimum atomic E-state index is -0.937. The van der Waals surface area contributed by atoms with Crippen LogP contribution in [0.4, 0.5) is 0 Å². The number of benzene rings is 2. The molecule has 1 aliphatic rings. The molecule has 0 aliphatic heterocycles. The smallest absolute Gasteiger partial charge is 0.178 e. The fourth-order valence-electron chi connectivity index (χ4n) is 2.46. The number of nitrogens with zero attached hydrogens (tertiary/aromatic N) is 1. The summed E-state index contributed by atoms with van der Waals surface area (Å²) >= 11 is 6.09. The predicted molar refractivity (Wildman–Crippen MR) is 74.0 cm³/mol. The van der Waals surface area contributed by atoms with E-state index in [1.54, 1.807) is 36.4 Å². The van der Waals surface area contributed by atoms with E-state index < -0.39 is 5.92 Å². The zero-order chi connectivity index (χ0) is 14.3. The second-order valence-electron chi connectivity index (χ2n) is 4.56. The fourth-order valence-corrected chi connectivity index (χ4v) is 2.69. The van der Waals surface area contributed by atoms with E-state index >= 15 is 0 Å². The summed E-state index contributed by atoms with van der Waals surface area (Å²) in [6.45, 7) is 0. The Kier molecular flexibility index (Phi) is 2.89. The Morgan fingerprint density at radius 3 is 2.15 bits per heavy atom. The number of nitriles is 1. The maximum absolute atomic E-state index is 12.4. The summed E-state index contributed by atoms with van der Waals surface area (Å²) in [4.78, 5) is 24.8. The van der Waals surface area contributed by atoms with E-state index in [0.29, 0.717) is 27.3 Å². The van der Waals surface area contributed by atoms with Crippen molar-refractivity contribution in [3.05, 3.63) is 69.7 Å². The van der Waals surface area contributed by atoms with E-state index in [-0.39, 0.29) is 11.6 Å². The van der Waals surface area contributed by atoms with Gasteiger partial charge in [-0.25, -0.2) is 0 Å². The van der Waals surface area contributed by atoms with Crippen LogP contribution in [-0.4, -0.2) is 11.6 Å². The molecule has 0 heterocycles. The molecule has 0 radical (unpaired) electrons. The van der Waals surface area contributed by atoms with E-state index in [1.165, 1.54) is 6.07 Å². The van der Waals surface area contributed by atoms with E-state index in [2.05, 4.69) is 0 Å². The average Bonchev–Trinajstić information content (AvgIpc) is 2.72. The van der Waals surface area contributed by atoms with Crippen molar-refractivity contribution in [1.82, 2.24) is 0 Å².